The van der Waals surface area contributed by atoms with Gasteiger partial charge in [0.15, 0.2) is 0 Å². The Morgan fingerprint density at radius 1 is 0.440 bits per heavy atom. The second-order valence-electron chi connectivity index (χ2n) is 31.3. The maximum absolute atomic E-state index is 13.3. The molecule has 9 aliphatic carbocycles. The molecule has 4 aromatic rings. The Morgan fingerprint density at radius 2 is 0.730 bits per heavy atom. The molecule has 20 nitrogen and oxygen atoms in total. The number of halogens is 3. The van der Waals surface area contributed by atoms with E-state index >= 15 is 0 Å². The largest absolute Gasteiger partial charge is 0.489 e. The molecule has 100 heavy (non-hydrogen) atoms. The minimum absolute atomic E-state index is 0.00205. The summed E-state index contributed by atoms with van der Waals surface area (Å²) >= 11 is 0. The number of aliphatic carboxylic acids is 1. The summed E-state index contributed by atoms with van der Waals surface area (Å²) in [5.74, 6) is 2.67. The number of ether oxygens (including phenoxy) is 6. The lowest BCUT2D eigenvalue weighted by atomic mass is 9.51. The number of carboxylic acid groups (broad SMARTS) is 1. The van der Waals surface area contributed by atoms with Gasteiger partial charge in [-0.25, -0.2) is 27.6 Å². The predicted octanol–water partition coefficient (Wildman–Crippen LogP) is 15.5. The Kier molecular flexibility index (Phi) is 25.2. The fourth-order valence-electron chi connectivity index (χ4n) is 14.8. The molecule has 13 rings (SSSR count). The Labute approximate surface area is 586 Å². The van der Waals surface area contributed by atoms with Crippen LogP contribution >= 0.6 is 0 Å². The summed E-state index contributed by atoms with van der Waals surface area (Å²) in [6.07, 6.45) is 16.1. The molecule has 0 radical (unpaired) electrons. The molecular weight excluding hydrogens is 1290 g/mol. The van der Waals surface area contributed by atoms with Gasteiger partial charge in [0.05, 0.1) is 30.9 Å². The third-order valence-electron chi connectivity index (χ3n) is 20.9. The number of rotatable bonds is 23. The molecule has 0 spiro atoms. The third-order valence-corrected chi connectivity index (χ3v) is 20.9. The number of benzene rings is 3. The van der Waals surface area contributed by atoms with Gasteiger partial charge in [-0.15, -0.1) is 10.2 Å². The molecule has 9 fully saturated rings. The molecule has 0 unspecified atom stereocenters. The van der Waals surface area contributed by atoms with Crippen molar-refractivity contribution in [1.82, 2.24) is 31.5 Å². The van der Waals surface area contributed by atoms with E-state index in [0.29, 0.717) is 47.7 Å². The first-order chi connectivity index (χ1) is 47.2. The summed E-state index contributed by atoms with van der Waals surface area (Å²) in [4.78, 5) is 70.8. The summed E-state index contributed by atoms with van der Waals surface area (Å²) in [6.45, 7) is 19.4. The number of nitrogens with zero attached hydrogens (tertiary/aromatic N) is 2. The summed E-state index contributed by atoms with van der Waals surface area (Å²) < 4.78 is 78.1. The zero-order valence-electron chi connectivity index (χ0n) is 60.1. The highest BCUT2D eigenvalue weighted by Crippen LogP contribution is 2.61. The van der Waals surface area contributed by atoms with Gasteiger partial charge in [-0.3, -0.25) is 14.4 Å². The first kappa shape index (κ1) is 77.4. The minimum Gasteiger partial charge on any atom is -0.489 e. The number of hydrogen-bond acceptors (Lipinski definition) is 15. The van der Waals surface area contributed by atoms with E-state index in [0.717, 1.165) is 121 Å². The molecule has 9 saturated carbocycles. The third kappa shape index (κ3) is 20.4. The van der Waals surface area contributed by atoms with E-state index in [4.69, 9.17) is 32.8 Å². The highest BCUT2D eigenvalue weighted by atomic mass is 19.1. The lowest BCUT2D eigenvalue weighted by Gasteiger charge is -2.52. The van der Waals surface area contributed by atoms with Crippen LogP contribution < -0.4 is 35.5 Å². The van der Waals surface area contributed by atoms with E-state index in [1.165, 1.54) is 23.6 Å². The van der Waals surface area contributed by atoms with Crippen molar-refractivity contribution in [2.24, 2.45) is 10.8 Å². The van der Waals surface area contributed by atoms with E-state index < -0.39 is 46.5 Å². The molecule has 0 aliphatic heterocycles. The molecule has 1 heterocycles. The summed E-state index contributed by atoms with van der Waals surface area (Å²) in [5, 5.41) is 28.3. The molecule has 23 heteroatoms. The van der Waals surface area contributed by atoms with Crippen LogP contribution in [0.15, 0.2) is 113 Å². The monoisotopic (exact) mass is 1390 g/mol. The van der Waals surface area contributed by atoms with Crippen molar-refractivity contribution in [3.63, 3.8) is 0 Å². The number of fused-ring (bicyclic) bond motifs is 9. The van der Waals surface area contributed by atoms with Gasteiger partial charge in [0.1, 0.15) is 59.7 Å². The fraction of sp³-hybridized carbons (Fsp3) is 0.584. The number of aryl methyl sites for hydroxylation is 1. The second-order valence-corrected chi connectivity index (χ2v) is 31.3. The highest BCUT2D eigenvalue weighted by Gasteiger charge is 2.55. The number of aromatic nitrogens is 2. The molecule has 4 amide bonds. The van der Waals surface area contributed by atoms with Crippen LogP contribution in [0.25, 0.3) is 0 Å². The molecule has 9 aliphatic rings. The topological polar surface area (TPSA) is 265 Å². The van der Waals surface area contributed by atoms with Crippen LogP contribution in [0.1, 0.15) is 213 Å². The number of nitrogens with one attached hydrogen (secondary N) is 4. The maximum atomic E-state index is 13.3. The summed E-state index contributed by atoms with van der Waals surface area (Å²) in [7, 11) is 0. The number of ketones is 1. The molecule has 5 N–H and O–H groups in total. The van der Waals surface area contributed by atoms with Gasteiger partial charge >= 0.3 is 24.2 Å². The molecular formula is C77H103F3N6O14. The molecule has 0 saturated heterocycles. The fourth-order valence-corrected chi connectivity index (χ4v) is 14.8. The van der Waals surface area contributed by atoms with Crippen molar-refractivity contribution >= 4 is 35.9 Å². The number of carbonyl (C=O) groups is 6. The first-order valence-electron chi connectivity index (χ1n) is 34.9. The Hall–Kier alpha value is -8.37. The lowest BCUT2D eigenvalue weighted by Crippen LogP contribution is -2.52. The van der Waals surface area contributed by atoms with Crippen LogP contribution in [0.4, 0.5) is 27.6 Å². The number of carbonyl (C=O) groups excluding carboxylic acids is 5. The van der Waals surface area contributed by atoms with Gasteiger partial charge in [-0.2, -0.15) is 0 Å². The molecule has 546 valence electrons. The van der Waals surface area contributed by atoms with Crippen molar-refractivity contribution in [3.05, 3.63) is 137 Å². The van der Waals surface area contributed by atoms with Crippen LogP contribution in [0.2, 0.25) is 0 Å². The van der Waals surface area contributed by atoms with Crippen molar-refractivity contribution in [2.75, 3.05) is 46.0 Å². The van der Waals surface area contributed by atoms with Gasteiger partial charge in [0.2, 0.25) is 17.7 Å². The Balaban J connectivity index is 0.000000191. The van der Waals surface area contributed by atoms with Crippen LogP contribution in [0, 0.1) is 17.8 Å². The van der Waals surface area contributed by atoms with Crippen LogP contribution in [0.5, 0.6) is 17.2 Å². The van der Waals surface area contributed by atoms with Crippen LogP contribution in [-0.2, 0) is 50.3 Å². The normalized spacial score (nSPS) is 24.8. The number of Topliss-reactive ketones (excluding diaryl/α,β-unsaturated/α-hetero) is 1. The maximum Gasteiger partial charge on any atom is 0.407 e. The predicted molar refractivity (Wildman–Crippen MR) is 371 cm³/mol. The number of amides is 4. The summed E-state index contributed by atoms with van der Waals surface area (Å²) in [5.41, 5.74) is 2.28. The van der Waals surface area contributed by atoms with Gasteiger partial charge in [0.25, 0.3) is 0 Å². The Bertz CT molecular complexity index is 3510. The molecule has 1 aromatic heterocycles. The molecule has 6 bridgehead atoms. The van der Waals surface area contributed by atoms with Crippen molar-refractivity contribution < 1.29 is 79.9 Å². The van der Waals surface area contributed by atoms with Gasteiger partial charge in [-0.05, 0) is 254 Å². The number of hydrogen-bond donors (Lipinski definition) is 5. The SMILES string of the molecule is CC(=O)CNC(=O)C12CCC(c3ccc(OC/C(=C/F)CNC(=O)OC(C)(C)C)cc3)(CC1)CC2.CC(C)(C)OC(=O)NC/C(=C\F)COc1ccc(C23CCC(C(=O)O)(CC2)CC3)cc1.Cc1nnc(C23CCC(c4ccc(OC/C(=C/F)CNC(=O)OC(C)(C)C)cc4)(CC2)CC3)o1. The van der Waals surface area contributed by atoms with Gasteiger partial charge in [-0.1, -0.05) is 36.4 Å². The smallest absolute Gasteiger partial charge is 0.407 e. The Morgan fingerprint density at radius 3 is 0.990 bits per heavy atom. The molecule has 0 atom stereocenters. The average molecular weight is 1390 g/mol. The van der Waals surface area contributed by atoms with E-state index in [2.05, 4.69) is 55.7 Å². The second kappa shape index (κ2) is 32.5. The average Bonchev–Trinajstić information content (AvgIpc) is 0.992. The zero-order valence-corrected chi connectivity index (χ0v) is 60.1. The number of carboxylic acids is 1. The first-order valence-corrected chi connectivity index (χ1v) is 34.9. The van der Waals surface area contributed by atoms with E-state index in [1.807, 2.05) is 55.5 Å². The summed E-state index contributed by atoms with van der Waals surface area (Å²) in [6, 6.07) is 23.8. The van der Waals surface area contributed by atoms with Gasteiger partial charge in [0, 0.05) is 54.1 Å². The number of alkyl carbamates (subject to hydrolysis) is 3. The highest BCUT2D eigenvalue weighted by molar-refractivity contribution is 5.88. The minimum atomic E-state index is -0.651. The van der Waals surface area contributed by atoms with Crippen molar-refractivity contribution in [1.29, 1.82) is 0 Å². The van der Waals surface area contributed by atoms with Crippen LogP contribution in [-0.4, -0.2) is 114 Å². The zero-order chi connectivity index (χ0) is 72.8. The lowest BCUT2D eigenvalue weighted by molar-refractivity contribution is -0.156. The van der Waals surface area contributed by atoms with Crippen molar-refractivity contribution in [2.45, 2.75) is 230 Å². The quantitative estimate of drug-likeness (QED) is 0.0432. The van der Waals surface area contributed by atoms with Crippen LogP contribution in [0.3, 0.4) is 0 Å². The van der Waals surface area contributed by atoms with Gasteiger partial charge < -0.3 is 59.2 Å². The molecule has 3 aromatic carbocycles. The standard InChI is InChI=1S/C27H37FN2O5.C26H34FN3O4.C24H32FNO5/c1-19(31)16-29-23(32)27-12-9-26(10-13-27,11-14-27)21-5-7-22(8-6-21)34-18-20(15-28)17-30-24(33)35-25(2,3)4;1-18-29-30-22(33-18)26-12-9-25(10-13-26,11-14-26)20-5-7-21(8-6-20)32-17-19(15-27)16-28-23(31)34-24(2,3)4;1-22(2,3)31-21(29)26-15-17(14-25)16-30-19-6-4-18(5-7-19)23-8-11-24(12-9-23,13-10-23)20(27)28/h5-8,15H,9-14,16-18H2,1-4H3,(H,29,32)(H,30,33);5-8,15H,9-14,16-17H2,1-4H3,(H,28,31);4-7,14H,8-13,15-16H2,1-3H3,(H,26,29)(H,27,28)/b20-15+;19-15+;17-14+. The van der Waals surface area contributed by atoms with E-state index in [9.17, 15) is 47.0 Å². The van der Waals surface area contributed by atoms with E-state index in [1.54, 1.807) is 62.3 Å². The van der Waals surface area contributed by atoms with E-state index in [-0.39, 0.29) is 95.9 Å². The van der Waals surface area contributed by atoms with Crippen molar-refractivity contribution in [3.8, 4) is 17.2 Å².